The van der Waals surface area contributed by atoms with Gasteiger partial charge in [0.1, 0.15) is 0 Å². The first-order valence-corrected chi connectivity index (χ1v) is 22.4. The van der Waals surface area contributed by atoms with Crippen LogP contribution in [0.15, 0.2) is 146 Å². The second kappa shape index (κ2) is 15.8. The Morgan fingerprint density at radius 3 is 1.80 bits per heavy atom. The monoisotopic (exact) mass is 785 g/mol. The largest absolute Gasteiger partial charge is 0.334 e. The summed E-state index contributed by atoms with van der Waals surface area (Å²) in [7, 11) is 0. The topological polar surface area (TPSA) is 46.8 Å². The second-order valence-electron chi connectivity index (χ2n) is 17.7. The lowest BCUT2D eigenvalue weighted by molar-refractivity contribution is 0.195. The van der Waals surface area contributed by atoms with E-state index in [9.17, 15) is 0 Å². The van der Waals surface area contributed by atoms with E-state index < -0.39 is 0 Å². The van der Waals surface area contributed by atoms with Gasteiger partial charge < -0.3 is 9.47 Å². The Bertz CT molecular complexity index is 2730. The number of para-hydroxylation sites is 1. The molecule has 8 aromatic rings. The molecule has 2 unspecified atom stereocenters. The Labute approximate surface area is 355 Å². The number of hydrogen-bond donors (Lipinski definition) is 0. The SMILES string of the molecule is CCCCCCCCc1ccc2c(c1)C1(C)CCCCC1(C)N2c1ccc2c(c1)c1ccccc1n2-c1ccc(-c2nc(-c3ccccc3)nc(-c3ccccc3)n2)cc1. The van der Waals surface area contributed by atoms with Crippen LogP contribution in [-0.2, 0) is 11.8 Å². The van der Waals surface area contributed by atoms with Crippen LogP contribution in [0.3, 0.4) is 0 Å². The van der Waals surface area contributed by atoms with Crippen LogP contribution in [0.4, 0.5) is 11.4 Å². The fraction of sp³-hybridized carbons (Fsp3) is 0.291. The molecule has 3 heterocycles. The van der Waals surface area contributed by atoms with Crippen LogP contribution >= 0.6 is 0 Å². The fourth-order valence-electron chi connectivity index (χ4n) is 10.5. The van der Waals surface area contributed by atoms with Crippen LogP contribution in [0.25, 0.3) is 61.7 Å². The van der Waals surface area contributed by atoms with Crippen molar-refractivity contribution in [3.63, 3.8) is 0 Å². The molecule has 300 valence electrons. The number of aromatic nitrogens is 4. The molecule has 2 aromatic heterocycles. The lowest BCUT2D eigenvalue weighted by Crippen LogP contribution is -2.54. The standard InChI is InChI=1S/C55H55N5/c1-4-5-6-7-8-11-20-39-27-33-50-47(37-39)54(2)35-18-19-36-55(54,3)60(50)44-32-34-49-46(38-44)45-25-16-17-26-48(45)59(49)43-30-28-42(29-31-43)53-57-51(40-21-12-9-13-22-40)56-52(58-53)41-23-14-10-15-24-41/h9-10,12-17,21-34,37-38H,4-8,11,18-20,35-36H2,1-3H3. The highest BCUT2D eigenvalue weighted by Crippen LogP contribution is 2.61. The van der Waals surface area contributed by atoms with Gasteiger partial charge >= 0.3 is 0 Å². The molecule has 1 aliphatic heterocycles. The number of unbranched alkanes of at least 4 members (excludes halogenated alkanes) is 5. The number of rotatable bonds is 12. The van der Waals surface area contributed by atoms with Gasteiger partial charge in [-0.2, -0.15) is 0 Å². The number of anilines is 2. The van der Waals surface area contributed by atoms with Crippen LogP contribution < -0.4 is 4.90 Å². The maximum atomic E-state index is 4.99. The summed E-state index contributed by atoms with van der Waals surface area (Å²) < 4.78 is 2.41. The molecule has 0 saturated heterocycles. The van der Waals surface area contributed by atoms with Crippen LogP contribution in [-0.4, -0.2) is 25.1 Å². The van der Waals surface area contributed by atoms with Crippen molar-refractivity contribution < 1.29 is 0 Å². The van der Waals surface area contributed by atoms with Crippen molar-refractivity contribution in [1.82, 2.24) is 19.5 Å². The molecule has 0 amide bonds. The summed E-state index contributed by atoms with van der Waals surface area (Å²) in [5.74, 6) is 1.99. The minimum Gasteiger partial charge on any atom is -0.334 e. The molecule has 2 aliphatic rings. The molecule has 1 saturated carbocycles. The van der Waals surface area contributed by atoms with Gasteiger partial charge in [-0.05, 0) is 98.3 Å². The number of benzene rings is 6. The minimum atomic E-state index is 0.00399. The summed E-state index contributed by atoms with van der Waals surface area (Å²) in [4.78, 5) is 17.6. The van der Waals surface area contributed by atoms with Crippen LogP contribution in [0, 0.1) is 0 Å². The molecule has 5 nitrogen and oxygen atoms in total. The van der Waals surface area contributed by atoms with Crippen molar-refractivity contribution in [1.29, 1.82) is 0 Å². The first-order valence-electron chi connectivity index (χ1n) is 22.4. The summed E-state index contributed by atoms with van der Waals surface area (Å²) >= 11 is 0. The van der Waals surface area contributed by atoms with Crippen molar-refractivity contribution in [3.05, 3.63) is 157 Å². The maximum absolute atomic E-state index is 4.99. The molecular weight excluding hydrogens is 731 g/mol. The van der Waals surface area contributed by atoms with Gasteiger partial charge in [-0.15, -0.1) is 0 Å². The summed E-state index contributed by atoms with van der Waals surface area (Å²) in [6.45, 7) is 7.41. The first kappa shape index (κ1) is 38.2. The highest BCUT2D eigenvalue weighted by atomic mass is 15.3. The van der Waals surface area contributed by atoms with Gasteiger partial charge in [0, 0.05) is 49.9 Å². The molecule has 60 heavy (non-hydrogen) atoms. The molecule has 1 fully saturated rings. The van der Waals surface area contributed by atoms with E-state index in [1.165, 1.54) is 109 Å². The van der Waals surface area contributed by atoms with Gasteiger partial charge in [-0.25, -0.2) is 15.0 Å². The maximum Gasteiger partial charge on any atom is 0.164 e. The number of nitrogens with zero attached hydrogens (tertiary/aromatic N) is 5. The Balaban J connectivity index is 1.02. The minimum absolute atomic E-state index is 0.00399. The third-order valence-corrected chi connectivity index (χ3v) is 14.0. The lowest BCUT2D eigenvalue weighted by atomic mass is 9.61. The molecule has 1 aliphatic carbocycles. The van der Waals surface area contributed by atoms with E-state index in [1.807, 2.05) is 36.4 Å². The zero-order chi connectivity index (χ0) is 40.7. The van der Waals surface area contributed by atoms with Crippen LogP contribution in [0.2, 0.25) is 0 Å². The van der Waals surface area contributed by atoms with E-state index in [1.54, 1.807) is 5.56 Å². The molecule has 0 spiro atoms. The molecule has 6 aromatic carbocycles. The molecule has 2 atom stereocenters. The molecular formula is C55H55N5. The van der Waals surface area contributed by atoms with E-state index >= 15 is 0 Å². The smallest absolute Gasteiger partial charge is 0.164 e. The predicted octanol–water partition coefficient (Wildman–Crippen LogP) is 14.6. The molecule has 0 bridgehead atoms. The molecule has 0 radical (unpaired) electrons. The Morgan fingerprint density at radius 1 is 0.517 bits per heavy atom. The van der Waals surface area contributed by atoms with E-state index in [0.29, 0.717) is 17.5 Å². The zero-order valence-corrected chi connectivity index (χ0v) is 35.4. The van der Waals surface area contributed by atoms with E-state index in [2.05, 4.69) is 139 Å². The van der Waals surface area contributed by atoms with Gasteiger partial charge in [0.25, 0.3) is 0 Å². The van der Waals surface area contributed by atoms with E-state index in [0.717, 1.165) is 22.4 Å². The van der Waals surface area contributed by atoms with Gasteiger partial charge in [-0.3, -0.25) is 0 Å². The Hall–Kier alpha value is -6.07. The quantitative estimate of drug-likeness (QED) is 0.116. The molecule has 5 heteroatoms. The fourth-order valence-corrected chi connectivity index (χ4v) is 10.5. The summed E-state index contributed by atoms with van der Waals surface area (Å²) in [5.41, 5.74) is 12.2. The van der Waals surface area contributed by atoms with Crippen molar-refractivity contribution in [3.8, 4) is 39.9 Å². The van der Waals surface area contributed by atoms with Crippen molar-refractivity contribution in [2.75, 3.05) is 4.90 Å². The first-order chi connectivity index (χ1) is 29.4. The summed E-state index contributed by atoms with van der Waals surface area (Å²) in [6, 6.07) is 52.6. The van der Waals surface area contributed by atoms with E-state index in [4.69, 9.17) is 15.0 Å². The third-order valence-electron chi connectivity index (χ3n) is 14.0. The number of aryl methyl sites for hydroxylation is 1. The average Bonchev–Trinajstić information content (AvgIpc) is 3.73. The van der Waals surface area contributed by atoms with Crippen molar-refractivity contribution in [2.45, 2.75) is 102 Å². The van der Waals surface area contributed by atoms with Gasteiger partial charge in [0.2, 0.25) is 0 Å². The molecule has 10 rings (SSSR count). The lowest BCUT2D eigenvalue weighted by Gasteiger charge is -2.50. The average molecular weight is 786 g/mol. The predicted molar refractivity (Wildman–Crippen MR) is 250 cm³/mol. The van der Waals surface area contributed by atoms with Gasteiger partial charge in [0.15, 0.2) is 17.5 Å². The normalized spacial score (nSPS) is 18.6. The second-order valence-corrected chi connectivity index (χ2v) is 17.7. The molecule has 0 N–H and O–H groups in total. The van der Waals surface area contributed by atoms with E-state index in [-0.39, 0.29) is 11.0 Å². The number of fused-ring (bicyclic) bond motifs is 6. The van der Waals surface area contributed by atoms with Crippen LogP contribution in [0.1, 0.15) is 96.1 Å². The summed E-state index contributed by atoms with van der Waals surface area (Å²) in [6.07, 6.45) is 14.2. The third kappa shape index (κ3) is 6.59. The van der Waals surface area contributed by atoms with Crippen molar-refractivity contribution >= 4 is 33.2 Å². The van der Waals surface area contributed by atoms with Crippen LogP contribution in [0.5, 0.6) is 0 Å². The number of hydrogen-bond acceptors (Lipinski definition) is 4. The van der Waals surface area contributed by atoms with Gasteiger partial charge in [0.05, 0.1) is 16.6 Å². The van der Waals surface area contributed by atoms with Crippen molar-refractivity contribution in [2.24, 2.45) is 0 Å². The zero-order valence-electron chi connectivity index (χ0n) is 35.4. The summed E-state index contributed by atoms with van der Waals surface area (Å²) in [5, 5.41) is 2.54. The highest BCUT2D eigenvalue weighted by molar-refractivity contribution is 6.10. The Morgan fingerprint density at radius 2 is 1.10 bits per heavy atom. The van der Waals surface area contributed by atoms with Gasteiger partial charge in [-0.1, -0.05) is 150 Å². The Kier molecular flexibility index (Phi) is 10.1. The highest BCUT2D eigenvalue weighted by Gasteiger charge is 2.57.